The zero-order valence-electron chi connectivity index (χ0n) is 11.0. The average Bonchev–Trinajstić information content (AvgIpc) is 2.85. The van der Waals surface area contributed by atoms with E-state index in [1.54, 1.807) is 18.3 Å². The molecule has 1 aliphatic rings. The molecular formula is C15H12F2N2OS. The fourth-order valence-electron chi connectivity index (χ4n) is 2.25. The van der Waals surface area contributed by atoms with Crippen molar-refractivity contribution in [1.82, 2.24) is 9.88 Å². The molecule has 3 nitrogen and oxygen atoms in total. The highest BCUT2D eigenvalue weighted by atomic mass is 32.2. The molecule has 1 saturated heterocycles. The second-order valence-corrected chi connectivity index (χ2v) is 5.71. The van der Waals surface area contributed by atoms with Crippen molar-refractivity contribution in [2.45, 2.75) is 11.9 Å². The summed E-state index contributed by atoms with van der Waals surface area (Å²) in [6.07, 6.45) is 1.64. The van der Waals surface area contributed by atoms with Crippen LogP contribution >= 0.6 is 11.8 Å². The van der Waals surface area contributed by atoms with Gasteiger partial charge in [-0.2, -0.15) is 0 Å². The van der Waals surface area contributed by atoms with E-state index in [0.717, 1.165) is 0 Å². The smallest absolute Gasteiger partial charge is 0.234 e. The summed E-state index contributed by atoms with van der Waals surface area (Å²) in [6, 6.07) is 9.12. The monoisotopic (exact) mass is 306 g/mol. The highest BCUT2D eigenvalue weighted by molar-refractivity contribution is 8.00. The number of aromatic nitrogens is 1. The third-order valence-corrected chi connectivity index (χ3v) is 4.52. The molecule has 1 fully saturated rings. The Morgan fingerprint density at radius 1 is 1.19 bits per heavy atom. The average molecular weight is 306 g/mol. The van der Waals surface area contributed by atoms with Crippen molar-refractivity contribution in [1.29, 1.82) is 0 Å². The van der Waals surface area contributed by atoms with E-state index in [1.807, 2.05) is 6.07 Å². The Bertz CT molecular complexity index is 646. The number of carbonyl (C=O) groups excluding carboxylic acids is 1. The largest absolute Gasteiger partial charge is 0.320 e. The molecule has 2 aromatic rings. The molecule has 2 heterocycles. The van der Waals surface area contributed by atoms with Gasteiger partial charge >= 0.3 is 0 Å². The number of amides is 1. The molecule has 21 heavy (non-hydrogen) atoms. The number of nitrogens with zero attached hydrogens (tertiary/aromatic N) is 2. The Morgan fingerprint density at radius 3 is 2.62 bits per heavy atom. The van der Waals surface area contributed by atoms with Gasteiger partial charge in [-0.15, -0.1) is 11.8 Å². The first-order valence-electron chi connectivity index (χ1n) is 6.41. The predicted molar refractivity (Wildman–Crippen MR) is 76.3 cm³/mol. The molecule has 0 saturated carbocycles. The normalized spacial score (nSPS) is 18.3. The van der Waals surface area contributed by atoms with Crippen molar-refractivity contribution >= 4 is 17.7 Å². The molecular weight excluding hydrogens is 294 g/mol. The molecule has 108 valence electrons. The number of carbonyl (C=O) groups is 1. The molecule has 0 radical (unpaired) electrons. The molecule has 6 heteroatoms. The zero-order chi connectivity index (χ0) is 14.8. The van der Waals surface area contributed by atoms with E-state index in [2.05, 4.69) is 4.98 Å². The van der Waals surface area contributed by atoms with Crippen molar-refractivity contribution < 1.29 is 13.6 Å². The molecule has 1 aromatic heterocycles. The maximum atomic E-state index is 13.8. The van der Waals surface area contributed by atoms with Crippen LogP contribution in [0.1, 0.15) is 16.6 Å². The SMILES string of the molecule is O=C1CSC(c2ccccn2)N1Cc1c(F)cccc1F. The van der Waals surface area contributed by atoms with Crippen LogP contribution in [0.3, 0.4) is 0 Å². The molecule has 0 spiro atoms. The topological polar surface area (TPSA) is 33.2 Å². The van der Waals surface area contributed by atoms with Crippen LogP contribution in [0.15, 0.2) is 42.6 Å². The van der Waals surface area contributed by atoms with E-state index in [1.165, 1.54) is 34.9 Å². The summed E-state index contributed by atoms with van der Waals surface area (Å²) >= 11 is 1.41. The summed E-state index contributed by atoms with van der Waals surface area (Å²) in [6.45, 7) is -0.0917. The molecule has 0 N–H and O–H groups in total. The van der Waals surface area contributed by atoms with Crippen LogP contribution in [-0.2, 0) is 11.3 Å². The molecule has 1 aliphatic heterocycles. The van der Waals surface area contributed by atoms with Gasteiger partial charge in [-0.3, -0.25) is 9.78 Å². The number of halogens is 2. The van der Waals surface area contributed by atoms with Gasteiger partial charge in [0, 0.05) is 11.8 Å². The Kier molecular flexibility index (Phi) is 3.88. The van der Waals surface area contributed by atoms with Crippen molar-refractivity contribution in [3.05, 3.63) is 65.5 Å². The fourth-order valence-corrected chi connectivity index (χ4v) is 3.39. The standard InChI is InChI=1S/C15H12F2N2OS/c16-11-4-3-5-12(17)10(11)8-19-14(20)9-21-15(19)13-6-1-2-7-18-13/h1-7,15H,8-9H2. The van der Waals surface area contributed by atoms with Crippen LogP contribution in [0.2, 0.25) is 0 Å². The molecule has 1 unspecified atom stereocenters. The van der Waals surface area contributed by atoms with Gasteiger partial charge in [0.25, 0.3) is 0 Å². The minimum atomic E-state index is -0.639. The lowest BCUT2D eigenvalue weighted by Gasteiger charge is -2.23. The van der Waals surface area contributed by atoms with Crippen LogP contribution in [0.4, 0.5) is 8.78 Å². The van der Waals surface area contributed by atoms with Crippen molar-refractivity contribution in [3.8, 4) is 0 Å². The minimum Gasteiger partial charge on any atom is -0.320 e. The molecule has 1 amide bonds. The summed E-state index contributed by atoms with van der Waals surface area (Å²) in [7, 11) is 0. The third kappa shape index (κ3) is 2.76. The van der Waals surface area contributed by atoms with Gasteiger partial charge in [0.05, 0.1) is 18.0 Å². The van der Waals surface area contributed by atoms with Crippen LogP contribution in [0.25, 0.3) is 0 Å². The van der Waals surface area contributed by atoms with Gasteiger partial charge in [-0.25, -0.2) is 8.78 Å². The number of benzene rings is 1. The summed E-state index contributed by atoms with van der Waals surface area (Å²) in [5.74, 6) is -1.13. The van der Waals surface area contributed by atoms with E-state index in [0.29, 0.717) is 5.69 Å². The quantitative estimate of drug-likeness (QED) is 0.873. The van der Waals surface area contributed by atoms with Crippen molar-refractivity contribution in [2.24, 2.45) is 0 Å². The fraction of sp³-hybridized carbons (Fsp3) is 0.200. The molecule has 3 rings (SSSR count). The summed E-state index contributed by atoms with van der Waals surface area (Å²) < 4.78 is 27.5. The first kappa shape index (κ1) is 14.0. The Balaban J connectivity index is 1.90. The number of pyridine rings is 1. The van der Waals surface area contributed by atoms with E-state index in [-0.39, 0.29) is 29.1 Å². The number of hydrogen-bond acceptors (Lipinski definition) is 3. The lowest BCUT2D eigenvalue weighted by molar-refractivity contribution is -0.128. The van der Waals surface area contributed by atoms with E-state index >= 15 is 0 Å². The summed E-state index contributed by atoms with van der Waals surface area (Å²) in [5, 5.41) is -0.308. The van der Waals surface area contributed by atoms with Gasteiger partial charge in [0.1, 0.15) is 17.0 Å². The van der Waals surface area contributed by atoms with Gasteiger partial charge in [0.15, 0.2) is 0 Å². The first-order valence-corrected chi connectivity index (χ1v) is 7.46. The maximum Gasteiger partial charge on any atom is 0.234 e. The first-order chi connectivity index (χ1) is 10.2. The lowest BCUT2D eigenvalue weighted by atomic mass is 10.1. The number of rotatable bonds is 3. The number of hydrogen-bond donors (Lipinski definition) is 0. The highest BCUT2D eigenvalue weighted by Crippen LogP contribution is 2.38. The summed E-state index contributed by atoms with van der Waals surface area (Å²) in [4.78, 5) is 17.7. The predicted octanol–water partition coefficient (Wildman–Crippen LogP) is 3.13. The van der Waals surface area contributed by atoms with Gasteiger partial charge in [-0.1, -0.05) is 12.1 Å². The molecule has 1 atom stereocenters. The molecule has 1 aromatic carbocycles. The van der Waals surface area contributed by atoms with Gasteiger partial charge < -0.3 is 4.90 Å². The second-order valence-electron chi connectivity index (χ2n) is 4.64. The Hall–Kier alpha value is -1.95. The molecule has 0 bridgehead atoms. The van der Waals surface area contributed by atoms with Crippen LogP contribution in [0.5, 0.6) is 0 Å². The van der Waals surface area contributed by atoms with Crippen LogP contribution in [-0.4, -0.2) is 21.5 Å². The zero-order valence-corrected chi connectivity index (χ0v) is 11.8. The van der Waals surface area contributed by atoms with Crippen molar-refractivity contribution in [3.63, 3.8) is 0 Å². The minimum absolute atomic E-state index is 0.0886. The summed E-state index contributed by atoms with van der Waals surface area (Å²) in [5.41, 5.74) is 0.624. The number of thioether (sulfide) groups is 1. The van der Waals surface area contributed by atoms with Crippen molar-refractivity contribution in [2.75, 3.05) is 5.75 Å². The van der Waals surface area contributed by atoms with Gasteiger partial charge in [-0.05, 0) is 24.3 Å². The Labute approximate surface area is 125 Å². The van der Waals surface area contributed by atoms with Crippen LogP contribution < -0.4 is 0 Å². The van der Waals surface area contributed by atoms with Gasteiger partial charge in [0.2, 0.25) is 5.91 Å². The van der Waals surface area contributed by atoms with E-state index < -0.39 is 11.6 Å². The Morgan fingerprint density at radius 2 is 1.95 bits per heavy atom. The molecule has 0 aliphatic carbocycles. The van der Waals surface area contributed by atoms with Crippen LogP contribution in [0, 0.1) is 11.6 Å². The maximum absolute atomic E-state index is 13.8. The van der Waals surface area contributed by atoms with E-state index in [9.17, 15) is 13.6 Å². The third-order valence-electron chi connectivity index (χ3n) is 3.30. The lowest BCUT2D eigenvalue weighted by Crippen LogP contribution is -2.29. The second kappa shape index (κ2) is 5.81. The van der Waals surface area contributed by atoms with E-state index in [4.69, 9.17) is 0 Å². The highest BCUT2D eigenvalue weighted by Gasteiger charge is 2.34.